The van der Waals surface area contributed by atoms with Crippen LogP contribution in [0.3, 0.4) is 0 Å². The third-order valence-corrected chi connectivity index (χ3v) is 4.65. The Hall–Kier alpha value is -1.68. The van der Waals surface area contributed by atoms with Gasteiger partial charge in [0.2, 0.25) is 0 Å². The molecule has 1 saturated heterocycles. The number of halogens is 1. The summed E-state index contributed by atoms with van der Waals surface area (Å²) in [7, 11) is 0. The smallest absolute Gasteiger partial charge is 0.255 e. The van der Waals surface area contributed by atoms with Crippen LogP contribution in [-0.2, 0) is 6.42 Å². The number of likely N-dealkylation sites (tertiary alicyclic amines) is 1. The van der Waals surface area contributed by atoms with Crippen molar-refractivity contribution in [2.45, 2.75) is 19.3 Å². The molecule has 2 heterocycles. The Morgan fingerprint density at radius 2 is 1.91 bits per heavy atom. The minimum atomic E-state index is 0.0898. The fourth-order valence-corrected chi connectivity index (χ4v) is 3.36. The van der Waals surface area contributed by atoms with E-state index in [1.807, 2.05) is 11.0 Å². The Morgan fingerprint density at radius 3 is 2.59 bits per heavy atom. The van der Waals surface area contributed by atoms with Crippen LogP contribution in [0.15, 0.2) is 53.3 Å². The van der Waals surface area contributed by atoms with Crippen LogP contribution >= 0.6 is 15.9 Å². The number of pyridine rings is 1. The third-order valence-electron chi connectivity index (χ3n) is 4.22. The van der Waals surface area contributed by atoms with E-state index in [2.05, 4.69) is 51.2 Å². The van der Waals surface area contributed by atoms with Crippen LogP contribution < -0.4 is 0 Å². The Morgan fingerprint density at radius 1 is 1.18 bits per heavy atom. The molecule has 0 unspecified atom stereocenters. The van der Waals surface area contributed by atoms with Crippen molar-refractivity contribution in [3.05, 3.63) is 64.4 Å². The van der Waals surface area contributed by atoms with E-state index in [0.717, 1.165) is 36.8 Å². The molecular formula is C18H19BrN2O. The third kappa shape index (κ3) is 3.74. The van der Waals surface area contributed by atoms with E-state index in [4.69, 9.17) is 0 Å². The summed E-state index contributed by atoms with van der Waals surface area (Å²) < 4.78 is 0.845. The van der Waals surface area contributed by atoms with Crippen LogP contribution in [0.5, 0.6) is 0 Å². The number of benzene rings is 1. The molecule has 0 atom stereocenters. The molecule has 4 heteroatoms. The van der Waals surface area contributed by atoms with Crippen LogP contribution in [0.2, 0.25) is 0 Å². The van der Waals surface area contributed by atoms with Gasteiger partial charge in [0.05, 0.1) is 5.56 Å². The summed E-state index contributed by atoms with van der Waals surface area (Å²) >= 11 is 3.37. The number of hydrogen-bond acceptors (Lipinski definition) is 2. The highest BCUT2D eigenvalue weighted by molar-refractivity contribution is 9.10. The summed E-state index contributed by atoms with van der Waals surface area (Å²) in [5, 5.41) is 0. The number of aromatic nitrogens is 1. The van der Waals surface area contributed by atoms with Crippen molar-refractivity contribution in [2.24, 2.45) is 5.92 Å². The van der Waals surface area contributed by atoms with Crippen molar-refractivity contribution in [3.63, 3.8) is 0 Å². The molecule has 0 spiro atoms. The lowest BCUT2D eigenvalue weighted by Crippen LogP contribution is -2.39. The molecule has 1 aromatic carbocycles. The number of carbonyl (C=O) groups is 1. The fraction of sp³-hybridized carbons (Fsp3) is 0.333. The normalized spacial score (nSPS) is 15.8. The zero-order valence-corrected chi connectivity index (χ0v) is 14.0. The molecule has 1 aliphatic rings. The second-order valence-electron chi connectivity index (χ2n) is 5.82. The molecule has 0 radical (unpaired) electrons. The van der Waals surface area contributed by atoms with Gasteiger partial charge in [-0.05, 0) is 52.7 Å². The van der Waals surface area contributed by atoms with E-state index in [-0.39, 0.29) is 5.91 Å². The average Bonchev–Trinajstić information content (AvgIpc) is 2.56. The fourth-order valence-electron chi connectivity index (χ4n) is 3.00. The van der Waals surface area contributed by atoms with Crippen LogP contribution in [0.25, 0.3) is 0 Å². The number of hydrogen-bond donors (Lipinski definition) is 0. The number of nitrogens with zero attached hydrogens (tertiary/aromatic N) is 2. The maximum atomic E-state index is 12.5. The van der Waals surface area contributed by atoms with Gasteiger partial charge < -0.3 is 4.90 Å². The Balaban J connectivity index is 1.56. The van der Waals surface area contributed by atoms with Crippen molar-refractivity contribution in [1.29, 1.82) is 0 Å². The minimum absolute atomic E-state index is 0.0898. The van der Waals surface area contributed by atoms with Crippen LogP contribution in [0, 0.1) is 5.92 Å². The summed E-state index contributed by atoms with van der Waals surface area (Å²) in [6, 6.07) is 12.4. The van der Waals surface area contributed by atoms with Gasteiger partial charge >= 0.3 is 0 Å². The van der Waals surface area contributed by atoms with Gasteiger partial charge in [-0.25, -0.2) is 0 Å². The summed E-state index contributed by atoms with van der Waals surface area (Å²) in [6.07, 6.45) is 6.59. The maximum absolute atomic E-state index is 12.5. The van der Waals surface area contributed by atoms with Crippen molar-refractivity contribution in [1.82, 2.24) is 9.88 Å². The first kappa shape index (κ1) is 15.2. The zero-order chi connectivity index (χ0) is 15.4. The van der Waals surface area contributed by atoms with Gasteiger partial charge in [-0.3, -0.25) is 9.78 Å². The molecule has 0 N–H and O–H groups in total. The van der Waals surface area contributed by atoms with Gasteiger partial charge in [-0.15, -0.1) is 0 Å². The van der Waals surface area contributed by atoms with E-state index in [1.54, 1.807) is 12.4 Å². The second-order valence-corrected chi connectivity index (χ2v) is 6.73. The molecule has 0 bridgehead atoms. The van der Waals surface area contributed by atoms with Crippen molar-refractivity contribution in [3.8, 4) is 0 Å². The first-order chi connectivity index (χ1) is 10.7. The summed E-state index contributed by atoms with van der Waals surface area (Å²) in [4.78, 5) is 18.5. The van der Waals surface area contributed by atoms with Gasteiger partial charge in [0, 0.05) is 30.0 Å². The molecule has 1 aliphatic heterocycles. The van der Waals surface area contributed by atoms with E-state index in [9.17, 15) is 4.79 Å². The van der Waals surface area contributed by atoms with Crippen molar-refractivity contribution >= 4 is 21.8 Å². The average molecular weight is 359 g/mol. The van der Waals surface area contributed by atoms with Crippen molar-refractivity contribution in [2.75, 3.05) is 13.1 Å². The minimum Gasteiger partial charge on any atom is -0.339 e. The highest BCUT2D eigenvalue weighted by Crippen LogP contribution is 2.23. The lowest BCUT2D eigenvalue weighted by atomic mass is 9.90. The SMILES string of the molecule is O=C(c1cncc(Br)c1)N1CCC(Cc2ccccc2)CC1. The Labute approximate surface area is 139 Å². The van der Waals surface area contributed by atoms with Gasteiger partial charge in [-0.1, -0.05) is 30.3 Å². The number of piperidine rings is 1. The van der Waals surface area contributed by atoms with E-state index in [0.29, 0.717) is 11.5 Å². The van der Waals surface area contributed by atoms with Crippen molar-refractivity contribution < 1.29 is 4.79 Å². The van der Waals surface area contributed by atoms with E-state index in [1.165, 1.54) is 5.56 Å². The Bertz CT molecular complexity index is 637. The number of carbonyl (C=O) groups excluding carboxylic acids is 1. The first-order valence-corrected chi connectivity index (χ1v) is 8.45. The number of rotatable bonds is 3. The predicted molar refractivity (Wildman–Crippen MR) is 90.7 cm³/mol. The van der Waals surface area contributed by atoms with Gasteiger partial charge in [0.25, 0.3) is 5.91 Å². The first-order valence-electron chi connectivity index (χ1n) is 7.66. The molecule has 3 nitrogen and oxygen atoms in total. The van der Waals surface area contributed by atoms with Gasteiger partial charge in [-0.2, -0.15) is 0 Å². The standard InChI is InChI=1S/C18H19BrN2O/c19-17-11-16(12-20-13-17)18(22)21-8-6-15(7-9-21)10-14-4-2-1-3-5-14/h1-5,11-13,15H,6-10H2. The molecule has 1 fully saturated rings. The Kier molecular flexibility index (Phi) is 4.88. The molecular weight excluding hydrogens is 340 g/mol. The lowest BCUT2D eigenvalue weighted by Gasteiger charge is -2.32. The van der Waals surface area contributed by atoms with Gasteiger partial charge in [0.1, 0.15) is 0 Å². The molecule has 1 aromatic heterocycles. The molecule has 22 heavy (non-hydrogen) atoms. The monoisotopic (exact) mass is 358 g/mol. The largest absolute Gasteiger partial charge is 0.339 e. The lowest BCUT2D eigenvalue weighted by molar-refractivity contribution is 0.0690. The van der Waals surface area contributed by atoms with Crippen LogP contribution in [-0.4, -0.2) is 28.9 Å². The van der Waals surface area contributed by atoms with Crippen LogP contribution in [0.1, 0.15) is 28.8 Å². The summed E-state index contributed by atoms with van der Waals surface area (Å²) in [5.41, 5.74) is 2.05. The quantitative estimate of drug-likeness (QED) is 0.832. The highest BCUT2D eigenvalue weighted by Gasteiger charge is 2.24. The van der Waals surface area contributed by atoms with E-state index >= 15 is 0 Å². The molecule has 114 valence electrons. The summed E-state index contributed by atoms with van der Waals surface area (Å²) in [5.74, 6) is 0.763. The van der Waals surface area contributed by atoms with Crippen LogP contribution in [0.4, 0.5) is 0 Å². The summed E-state index contributed by atoms with van der Waals surface area (Å²) in [6.45, 7) is 1.67. The predicted octanol–water partition coefficient (Wildman–Crippen LogP) is 3.94. The molecule has 0 saturated carbocycles. The highest BCUT2D eigenvalue weighted by atomic mass is 79.9. The second kappa shape index (κ2) is 7.05. The number of amides is 1. The van der Waals surface area contributed by atoms with Gasteiger partial charge in [0.15, 0.2) is 0 Å². The topological polar surface area (TPSA) is 33.2 Å². The molecule has 0 aliphatic carbocycles. The zero-order valence-electron chi connectivity index (χ0n) is 12.4. The van der Waals surface area contributed by atoms with E-state index < -0.39 is 0 Å². The molecule has 1 amide bonds. The molecule has 3 rings (SSSR count). The maximum Gasteiger partial charge on any atom is 0.255 e. The molecule has 2 aromatic rings.